The number of carbonyl (C=O) groups is 1. The molecule has 2 aromatic carbocycles. The van der Waals surface area contributed by atoms with E-state index in [0.29, 0.717) is 13.0 Å². The molecule has 0 saturated carbocycles. The van der Waals surface area contributed by atoms with Crippen LogP contribution >= 0.6 is 15.9 Å². The maximum atomic E-state index is 12.0. The van der Waals surface area contributed by atoms with E-state index in [2.05, 4.69) is 26.6 Å². The van der Waals surface area contributed by atoms with Crippen molar-refractivity contribution < 1.29 is 9.53 Å². The molecule has 0 atom stereocenters. The van der Waals surface area contributed by atoms with Gasteiger partial charge in [-0.1, -0.05) is 24.3 Å². The molecule has 23 heavy (non-hydrogen) atoms. The SMILES string of the molecule is CC(C)Oc1ccccc1NCCC(=O)Nc1ccccc1Br. The minimum Gasteiger partial charge on any atom is -0.489 e. The van der Waals surface area contributed by atoms with Crippen LogP contribution in [0.15, 0.2) is 53.0 Å². The molecule has 0 aliphatic rings. The summed E-state index contributed by atoms with van der Waals surface area (Å²) >= 11 is 3.42. The van der Waals surface area contributed by atoms with Gasteiger partial charge in [0.1, 0.15) is 5.75 Å². The molecule has 0 aliphatic heterocycles. The summed E-state index contributed by atoms with van der Waals surface area (Å²) in [6.45, 7) is 4.51. The number of anilines is 2. The zero-order chi connectivity index (χ0) is 16.7. The molecule has 0 heterocycles. The Balaban J connectivity index is 1.85. The van der Waals surface area contributed by atoms with Gasteiger partial charge in [0.05, 0.1) is 17.5 Å². The van der Waals surface area contributed by atoms with Gasteiger partial charge in [-0.25, -0.2) is 0 Å². The van der Waals surface area contributed by atoms with Crippen LogP contribution in [0.1, 0.15) is 20.3 Å². The Bertz CT molecular complexity index is 659. The van der Waals surface area contributed by atoms with Gasteiger partial charge in [0.25, 0.3) is 0 Å². The van der Waals surface area contributed by atoms with Crippen LogP contribution in [0.2, 0.25) is 0 Å². The van der Waals surface area contributed by atoms with Crippen LogP contribution in [0.4, 0.5) is 11.4 Å². The molecule has 1 amide bonds. The van der Waals surface area contributed by atoms with Crippen LogP contribution in [0.5, 0.6) is 5.75 Å². The fraction of sp³-hybridized carbons (Fsp3) is 0.278. The fourth-order valence-corrected chi connectivity index (χ4v) is 2.44. The molecule has 0 fully saturated rings. The molecule has 4 nitrogen and oxygen atoms in total. The second-order valence-electron chi connectivity index (χ2n) is 5.37. The van der Waals surface area contributed by atoms with E-state index in [-0.39, 0.29) is 12.0 Å². The molecule has 0 aliphatic carbocycles. The maximum absolute atomic E-state index is 12.0. The Hall–Kier alpha value is -2.01. The van der Waals surface area contributed by atoms with Crippen LogP contribution in [0, 0.1) is 0 Å². The van der Waals surface area contributed by atoms with Crippen LogP contribution in [0.3, 0.4) is 0 Å². The number of halogens is 1. The average Bonchev–Trinajstić information content (AvgIpc) is 2.51. The first kappa shape index (κ1) is 17.3. The lowest BCUT2D eigenvalue weighted by Crippen LogP contribution is -2.17. The van der Waals surface area contributed by atoms with Gasteiger partial charge in [0, 0.05) is 17.4 Å². The quantitative estimate of drug-likeness (QED) is 0.737. The first-order valence-electron chi connectivity index (χ1n) is 7.60. The Kier molecular flexibility index (Phi) is 6.47. The number of hydrogen-bond donors (Lipinski definition) is 2. The fourth-order valence-electron chi connectivity index (χ4n) is 2.06. The number of ether oxygens (including phenoxy) is 1. The highest BCUT2D eigenvalue weighted by Gasteiger charge is 2.07. The van der Waals surface area contributed by atoms with Gasteiger partial charge in [0.2, 0.25) is 5.91 Å². The zero-order valence-electron chi connectivity index (χ0n) is 13.3. The third-order valence-corrected chi connectivity index (χ3v) is 3.76. The van der Waals surface area contributed by atoms with Gasteiger partial charge in [-0.05, 0) is 54.0 Å². The normalized spacial score (nSPS) is 10.4. The number of hydrogen-bond acceptors (Lipinski definition) is 3. The number of para-hydroxylation sites is 3. The lowest BCUT2D eigenvalue weighted by Gasteiger charge is -2.15. The predicted molar refractivity (Wildman–Crippen MR) is 98.1 cm³/mol. The highest BCUT2D eigenvalue weighted by molar-refractivity contribution is 9.10. The van der Waals surface area contributed by atoms with Crippen molar-refractivity contribution in [3.63, 3.8) is 0 Å². The van der Waals surface area contributed by atoms with E-state index in [0.717, 1.165) is 21.6 Å². The lowest BCUT2D eigenvalue weighted by atomic mass is 10.2. The van der Waals surface area contributed by atoms with Crippen LogP contribution in [-0.4, -0.2) is 18.6 Å². The third kappa shape index (κ3) is 5.60. The summed E-state index contributed by atoms with van der Waals surface area (Å²) in [4.78, 5) is 12.0. The summed E-state index contributed by atoms with van der Waals surface area (Å²) in [5, 5.41) is 6.14. The monoisotopic (exact) mass is 376 g/mol. The topological polar surface area (TPSA) is 50.4 Å². The maximum Gasteiger partial charge on any atom is 0.226 e. The summed E-state index contributed by atoms with van der Waals surface area (Å²) in [6.07, 6.45) is 0.480. The molecule has 2 aromatic rings. The Labute approximate surface area is 145 Å². The standard InChI is InChI=1S/C18H21BrN2O2/c1-13(2)23-17-10-6-5-9-16(17)20-12-11-18(22)21-15-8-4-3-7-14(15)19/h3-10,13,20H,11-12H2,1-2H3,(H,21,22). The van der Waals surface area contributed by atoms with E-state index in [1.165, 1.54) is 0 Å². The van der Waals surface area contributed by atoms with E-state index in [1.807, 2.05) is 62.4 Å². The molecule has 0 unspecified atom stereocenters. The second-order valence-corrected chi connectivity index (χ2v) is 6.22. The zero-order valence-corrected chi connectivity index (χ0v) is 14.9. The van der Waals surface area contributed by atoms with Gasteiger partial charge in [0.15, 0.2) is 0 Å². The first-order chi connectivity index (χ1) is 11.1. The molecule has 0 aromatic heterocycles. The van der Waals surface area contributed by atoms with E-state index in [1.54, 1.807) is 0 Å². The van der Waals surface area contributed by atoms with Gasteiger partial charge in [-0.2, -0.15) is 0 Å². The van der Waals surface area contributed by atoms with Crippen molar-refractivity contribution in [3.05, 3.63) is 53.0 Å². The molecule has 122 valence electrons. The van der Waals surface area contributed by atoms with E-state index >= 15 is 0 Å². The molecule has 5 heteroatoms. The smallest absolute Gasteiger partial charge is 0.226 e. The lowest BCUT2D eigenvalue weighted by molar-refractivity contribution is -0.115. The predicted octanol–water partition coefficient (Wildman–Crippen LogP) is 4.68. The van der Waals surface area contributed by atoms with Crippen LogP contribution in [-0.2, 0) is 4.79 Å². The van der Waals surface area contributed by atoms with Crippen LogP contribution < -0.4 is 15.4 Å². The second kappa shape index (κ2) is 8.58. The molecule has 0 radical (unpaired) electrons. The molecule has 0 spiro atoms. The van der Waals surface area contributed by atoms with Gasteiger partial charge >= 0.3 is 0 Å². The van der Waals surface area contributed by atoms with Crippen molar-refractivity contribution in [2.45, 2.75) is 26.4 Å². The van der Waals surface area contributed by atoms with Crippen molar-refractivity contribution in [3.8, 4) is 5.75 Å². The number of amides is 1. The molecule has 0 saturated heterocycles. The summed E-state index contributed by atoms with van der Waals surface area (Å²) < 4.78 is 6.62. The Morgan fingerprint density at radius 3 is 2.43 bits per heavy atom. The first-order valence-corrected chi connectivity index (χ1v) is 8.39. The minimum absolute atomic E-state index is 0.0355. The summed E-state index contributed by atoms with van der Waals surface area (Å²) in [5.41, 5.74) is 1.68. The molecule has 2 rings (SSSR count). The van der Waals surface area contributed by atoms with Gasteiger partial charge in [-0.15, -0.1) is 0 Å². The van der Waals surface area contributed by atoms with Crippen molar-refractivity contribution in [2.75, 3.05) is 17.2 Å². The van der Waals surface area contributed by atoms with Crippen LogP contribution in [0.25, 0.3) is 0 Å². The molecule has 0 bridgehead atoms. The van der Waals surface area contributed by atoms with E-state index < -0.39 is 0 Å². The largest absolute Gasteiger partial charge is 0.489 e. The van der Waals surface area contributed by atoms with Crippen molar-refractivity contribution in [1.82, 2.24) is 0 Å². The van der Waals surface area contributed by atoms with E-state index in [9.17, 15) is 4.79 Å². The summed E-state index contributed by atoms with van der Waals surface area (Å²) in [5.74, 6) is 0.764. The molecule has 2 N–H and O–H groups in total. The Morgan fingerprint density at radius 2 is 1.74 bits per heavy atom. The number of benzene rings is 2. The highest BCUT2D eigenvalue weighted by Crippen LogP contribution is 2.25. The van der Waals surface area contributed by atoms with Crippen molar-refractivity contribution in [1.29, 1.82) is 0 Å². The Morgan fingerprint density at radius 1 is 1.09 bits per heavy atom. The summed E-state index contributed by atoms with van der Waals surface area (Å²) in [6, 6.07) is 15.3. The highest BCUT2D eigenvalue weighted by atomic mass is 79.9. The minimum atomic E-state index is -0.0355. The van der Waals surface area contributed by atoms with Crippen molar-refractivity contribution in [2.24, 2.45) is 0 Å². The van der Waals surface area contributed by atoms with E-state index in [4.69, 9.17) is 4.74 Å². The molecular formula is C18H21BrN2O2. The number of rotatable bonds is 7. The summed E-state index contributed by atoms with van der Waals surface area (Å²) in [7, 11) is 0. The van der Waals surface area contributed by atoms with Gasteiger partial charge in [-0.3, -0.25) is 4.79 Å². The number of nitrogens with one attached hydrogen (secondary N) is 2. The van der Waals surface area contributed by atoms with Crippen molar-refractivity contribution >= 4 is 33.2 Å². The van der Waals surface area contributed by atoms with Gasteiger partial charge < -0.3 is 15.4 Å². The average molecular weight is 377 g/mol. The number of carbonyl (C=O) groups excluding carboxylic acids is 1. The third-order valence-electron chi connectivity index (χ3n) is 3.07. The molecular weight excluding hydrogens is 356 g/mol.